The SMILES string of the molecule is CCCn1c(COC)nc2cnc3ccc(OCCCCl)cc3c21. The quantitative estimate of drug-likeness (QED) is 0.453. The largest absolute Gasteiger partial charge is 0.494 e. The van der Waals surface area contributed by atoms with Crippen LogP contribution in [0.25, 0.3) is 21.9 Å². The zero-order valence-corrected chi connectivity index (χ0v) is 14.8. The topological polar surface area (TPSA) is 49.2 Å². The lowest BCUT2D eigenvalue weighted by atomic mass is 10.2. The third kappa shape index (κ3) is 3.32. The molecule has 0 N–H and O–H groups in total. The van der Waals surface area contributed by atoms with Crippen molar-refractivity contribution in [3.05, 3.63) is 30.2 Å². The Balaban J connectivity index is 2.13. The Hall–Kier alpha value is -1.85. The molecule has 0 amide bonds. The van der Waals surface area contributed by atoms with Crippen LogP contribution >= 0.6 is 11.6 Å². The Morgan fingerprint density at radius 1 is 1.25 bits per heavy atom. The number of fused-ring (bicyclic) bond motifs is 3. The number of benzene rings is 1. The van der Waals surface area contributed by atoms with Crippen LogP contribution in [0, 0.1) is 0 Å². The van der Waals surface area contributed by atoms with Crippen LogP contribution in [0.4, 0.5) is 0 Å². The molecule has 0 bridgehead atoms. The molecular weight excluding hydrogens is 326 g/mol. The molecule has 0 fully saturated rings. The van der Waals surface area contributed by atoms with E-state index in [4.69, 9.17) is 26.1 Å². The van der Waals surface area contributed by atoms with Gasteiger partial charge in [0.05, 0.1) is 23.8 Å². The summed E-state index contributed by atoms with van der Waals surface area (Å²) in [4.78, 5) is 9.22. The first-order valence-electron chi connectivity index (χ1n) is 8.24. The normalized spacial score (nSPS) is 11.5. The molecule has 0 aliphatic rings. The summed E-state index contributed by atoms with van der Waals surface area (Å²) in [5, 5.41) is 1.05. The first-order chi connectivity index (χ1) is 11.8. The highest BCUT2D eigenvalue weighted by Crippen LogP contribution is 2.28. The van der Waals surface area contributed by atoms with Crippen LogP contribution in [0.5, 0.6) is 5.75 Å². The number of aromatic nitrogens is 3. The minimum Gasteiger partial charge on any atom is -0.494 e. The zero-order valence-electron chi connectivity index (χ0n) is 14.1. The van der Waals surface area contributed by atoms with E-state index in [1.54, 1.807) is 7.11 Å². The second-order valence-corrected chi connectivity index (χ2v) is 6.05. The zero-order chi connectivity index (χ0) is 16.9. The van der Waals surface area contributed by atoms with E-state index in [1.165, 1.54) is 0 Å². The van der Waals surface area contributed by atoms with Crippen molar-refractivity contribution in [1.82, 2.24) is 14.5 Å². The van der Waals surface area contributed by atoms with E-state index in [2.05, 4.69) is 16.5 Å². The van der Waals surface area contributed by atoms with Crippen LogP contribution in [0.3, 0.4) is 0 Å². The molecule has 0 aliphatic carbocycles. The molecule has 2 aromatic heterocycles. The number of rotatable bonds is 8. The van der Waals surface area contributed by atoms with Gasteiger partial charge in [-0.2, -0.15) is 0 Å². The summed E-state index contributed by atoms with van der Waals surface area (Å²) in [5.74, 6) is 2.36. The smallest absolute Gasteiger partial charge is 0.136 e. The monoisotopic (exact) mass is 347 g/mol. The summed E-state index contributed by atoms with van der Waals surface area (Å²) < 4.78 is 13.3. The van der Waals surface area contributed by atoms with E-state index in [0.29, 0.717) is 19.1 Å². The van der Waals surface area contributed by atoms with E-state index in [0.717, 1.165) is 52.9 Å². The summed E-state index contributed by atoms with van der Waals surface area (Å²) in [6.45, 7) is 4.15. The van der Waals surface area contributed by atoms with Gasteiger partial charge in [-0.05, 0) is 31.0 Å². The lowest BCUT2D eigenvalue weighted by molar-refractivity contribution is 0.174. The number of methoxy groups -OCH3 is 1. The summed E-state index contributed by atoms with van der Waals surface area (Å²) in [5.41, 5.74) is 2.92. The Morgan fingerprint density at radius 2 is 2.12 bits per heavy atom. The molecule has 128 valence electrons. The maximum Gasteiger partial charge on any atom is 0.136 e. The van der Waals surface area contributed by atoms with Gasteiger partial charge in [-0.25, -0.2) is 4.98 Å². The first-order valence-corrected chi connectivity index (χ1v) is 8.77. The third-order valence-electron chi connectivity index (χ3n) is 3.89. The molecule has 0 aliphatic heterocycles. The molecule has 0 atom stereocenters. The lowest BCUT2D eigenvalue weighted by Crippen LogP contribution is -2.04. The van der Waals surface area contributed by atoms with E-state index < -0.39 is 0 Å². The number of hydrogen-bond donors (Lipinski definition) is 0. The van der Waals surface area contributed by atoms with Crippen molar-refractivity contribution in [1.29, 1.82) is 0 Å². The van der Waals surface area contributed by atoms with Crippen LogP contribution in [-0.2, 0) is 17.9 Å². The highest BCUT2D eigenvalue weighted by molar-refractivity contribution is 6.17. The van der Waals surface area contributed by atoms with Crippen LogP contribution < -0.4 is 4.74 Å². The van der Waals surface area contributed by atoms with Gasteiger partial charge < -0.3 is 14.0 Å². The average molecular weight is 348 g/mol. The maximum absolute atomic E-state index is 5.79. The minimum atomic E-state index is 0.488. The number of halogens is 1. The van der Waals surface area contributed by atoms with Crippen LogP contribution in [-0.4, -0.2) is 34.1 Å². The molecule has 5 nitrogen and oxygen atoms in total. The molecule has 0 unspecified atom stereocenters. The van der Waals surface area contributed by atoms with Gasteiger partial charge in [0.1, 0.15) is 23.7 Å². The molecular formula is C18H22ClN3O2. The standard InChI is InChI=1S/C18H22ClN3O2/c1-3-8-22-17(12-23-2)21-16-11-20-15-6-5-13(24-9-4-7-19)10-14(15)18(16)22/h5-6,10-11H,3-4,7-9,12H2,1-2H3. The van der Waals surface area contributed by atoms with Gasteiger partial charge in [0, 0.05) is 24.9 Å². The Bertz CT molecular complexity index is 832. The van der Waals surface area contributed by atoms with Crippen LogP contribution in [0.15, 0.2) is 24.4 Å². The van der Waals surface area contributed by atoms with Crippen molar-refractivity contribution >= 4 is 33.5 Å². The number of ether oxygens (including phenoxy) is 2. The molecule has 24 heavy (non-hydrogen) atoms. The number of imidazole rings is 1. The number of nitrogens with zero attached hydrogens (tertiary/aromatic N) is 3. The van der Waals surface area contributed by atoms with Crippen molar-refractivity contribution in [3.8, 4) is 5.75 Å². The Morgan fingerprint density at radius 3 is 2.88 bits per heavy atom. The molecule has 3 rings (SSSR count). The van der Waals surface area contributed by atoms with Gasteiger partial charge in [-0.3, -0.25) is 4.98 Å². The molecule has 3 aromatic rings. The third-order valence-corrected chi connectivity index (χ3v) is 4.16. The molecule has 2 heterocycles. The lowest BCUT2D eigenvalue weighted by Gasteiger charge is -2.10. The number of hydrogen-bond acceptors (Lipinski definition) is 4. The Labute approximate surface area is 146 Å². The predicted octanol–water partition coefficient (Wildman–Crippen LogP) is 4.15. The summed E-state index contributed by atoms with van der Waals surface area (Å²) in [7, 11) is 1.69. The summed E-state index contributed by atoms with van der Waals surface area (Å²) in [6, 6.07) is 5.99. The van der Waals surface area contributed by atoms with Gasteiger partial charge in [0.25, 0.3) is 0 Å². The molecule has 0 saturated carbocycles. The summed E-state index contributed by atoms with van der Waals surface area (Å²) in [6.07, 6.45) is 3.68. The Kier molecular flexibility index (Phi) is 5.53. The van der Waals surface area contributed by atoms with Gasteiger partial charge in [0.2, 0.25) is 0 Å². The average Bonchev–Trinajstić information content (AvgIpc) is 2.94. The molecule has 1 aromatic carbocycles. The fraction of sp³-hybridized carbons (Fsp3) is 0.444. The number of aryl methyl sites for hydroxylation is 1. The second-order valence-electron chi connectivity index (χ2n) is 5.67. The van der Waals surface area contributed by atoms with Gasteiger partial charge in [0.15, 0.2) is 0 Å². The second kappa shape index (κ2) is 7.81. The molecule has 0 spiro atoms. The first kappa shape index (κ1) is 17.0. The highest BCUT2D eigenvalue weighted by Gasteiger charge is 2.14. The fourth-order valence-corrected chi connectivity index (χ4v) is 2.99. The molecule has 6 heteroatoms. The maximum atomic E-state index is 5.79. The highest BCUT2D eigenvalue weighted by atomic mass is 35.5. The molecule has 0 saturated heterocycles. The van der Waals surface area contributed by atoms with Crippen molar-refractivity contribution in [2.75, 3.05) is 19.6 Å². The van der Waals surface area contributed by atoms with Crippen LogP contribution in [0.2, 0.25) is 0 Å². The fourth-order valence-electron chi connectivity index (χ4n) is 2.88. The van der Waals surface area contributed by atoms with Crippen molar-refractivity contribution in [3.63, 3.8) is 0 Å². The van der Waals surface area contributed by atoms with E-state index in [1.807, 2.05) is 24.4 Å². The minimum absolute atomic E-state index is 0.488. The van der Waals surface area contributed by atoms with Gasteiger partial charge >= 0.3 is 0 Å². The van der Waals surface area contributed by atoms with Crippen molar-refractivity contribution < 1.29 is 9.47 Å². The van der Waals surface area contributed by atoms with E-state index in [9.17, 15) is 0 Å². The van der Waals surface area contributed by atoms with Crippen molar-refractivity contribution in [2.24, 2.45) is 0 Å². The van der Waals surface area contributed by atoms with Gasteiger partial charge in [-0.15, -0.1) is 11.6 Å². The predicted molar refractivity (Wildman–Crippen MR) is 96.9 cm³/mol. The van der Waals surface area contributed by atoms with E-state index in [-0.39, 0.29) is 0 Å². The summed E-state index contributed by atoms with van der Waals surface area (Å²) >= 11 is 5.72. The number of alkyl halides is 1. The van der Waals surface area contributed by atoms with Gasteiger partial charge in [-0.1, -0.05) is 6.92 Å². The number of pyridine rings is 1. The molecule has 0 radical (unpaired) electrons. The van der Waals surface area contributed by atoms with Crippen molar-refractivity contribution in [2.45, 2.75) is 32.9 Å². The van der Waals surface area contributed by atoms with E-state index >= 15 is 0 Å². The van der Waals surface area contributed by atoms with Crippen LogP contribution in [0.1, 0.15) is 25.6 Å².